The number of ketones is 1. The Morgan fingerprint density at radius 2 is 1.76 bits per heavy atom. The van der Waals surface area contributed by atoms with E-state index in [1.807, 2.05) is 30.3 Å². The summed E-state index contributed by atoms with van der Waals surface area (Å²) in [5, 5.41) is 21.0. The van der Waals surface area contributed by atoms with E-state index in [4.69, 9.17) is 4.42 Å². The van der Waals surface area contributed by atoms with Crippen molar-refractivity contribution >= 4 is 11.7 Å². The molecular weight excluding hydrogens is 432 g/mol. The summed E-state index contributed by atoms with van der Waals surface area (Å²) in [4.78, 5) is 30.6. The lowest BCUT2D eigenvalue weighted by Crippen LogP contribution is -2.40. The highest BCUT2D eigenvalue weighted by atomic mass is 16.3. The van der Waals surface area contributed by atoms with Crippen molar-refractivity contribution in [2.24, 2.45) is 0 Å². The molecule has 2 aliphatic heterocycles. The van der Waals surface area contributed by atoms with Crippen LogP contribution in [0.25, 0.3) is 0 Å². The van der Waals surface area contributed by atoms with Gasteiger partial charge in [0.1, 0.15) is 5.75 Å². The quantitative estimate of drug-likeness (QED) is 0.510. The van der Waals surface area contributed by atoms with Crippen LogP contribution in [0.4, 0.5) is 0 Å². The van der Waals surface area contributed by atoms with E-state index >= 15 is 0 Å². The van der Waals surface area contributed by atoms with Gasteiger partial charge >= 0.3 is 0 Å². The average molecular weight is 459 g/mol. The van der Waals surface area contributed by atoms with Crippen molar-refractivity contribution in [2.45, 2.75) is 24.9 Å². The number of Topliss-reactive ketones (excluding diaryl/α,β-unsaturated/α-hetero) is 1. The van der Waals surface area contributed by atoms with Crippen LogP contribution >= 0.6 is 0 Å². The minimum Gasteiger partial charge on any atom is -0.508 e. The number of likely N-dealkylation sites (tertiary alicyclic amines) is 1. The van der Waals surface area contributed by atoms with Gasteiger partial charge in [0.25, 0.3) is 5.91 Å². The third-order valence-corrected chi connectivity index (χ3v) is 6.61. The summed E-state index contributed by atoms with van der Waals surface area (Å²) >= 11 is 0. The molecule has 5 rings (SSSR count). The molecule has 1 amide bonds. The number of benzene rings is 2. The zero-order chi connectivity index (χ0) is 23.7. The Kier molecular flexibility index (Phi) is 5.94. The largest absolute Gasteiger partial charge is 0.508 e. The molecule has 0 spiro atoms. The van der Waals surface area contributed by atoms with Crippen molar-refractivity contribution in [2.75, 3.05) is 19.6 Å². The maximum Gasteiger partial charge on any atom is 0.290 e. The lowest BCUT2D eigenvalue weighted by molar-refractivity contribution is -0.130. The molecule has 0 radical (unpaired) electrons. The molecule has 7 nitrogen and oxygen atoms in total. The molecule has 2 unspecified atom stereocenters. The van der Waals surface area contributed by atoms with E-state index in [9.17, 15) is 19.8 Å². The zero-order valence-corrected chi connectivity index (χ0v) is 18.6. The molecule has 2 aromatic carbocycles. The summed E-state index contributed by atoms with van der Waals surface area (Å²) in [6.07, 6.45) is 3.54. The SMILES string of the molecule is O=C(C1=C(O)C(=O)N(CC(c2ccccc2)N2CCCC2)C1c1cccc(O)c1)c1ccco1. The molecule has 0 aliphatic carbocycles. The van der Waals surface area contributed by atoms with E-state index in [0.717, 1.165) is 31.5 Å². The number of hydrogen-bond acceptors (Lipinski definition) is 6. The Morgan fingerprint density at radius 3 is 2.44 bits per heavy atom. The van der Waals surface area contributed by atoms with E-state index in [-0.39, 0.29) is 29.7 Å². The molecule has 0 saturated carbocycles. The van der Waals surface area contributed by atoms with Crippen LogP contribution in [0, 0.1) is 0 Å². The first-order chi connectivity index (χ1) is 16.5. The molecule has 0 bridgehead atoms. The first-order valence-electron chi connectivity index (χ1n) is 11.4. The second kappa shape index (κ2) is 9.19. The summed E-state index contributed by atoms with van der Waals surface area (Å²) in [5.41, 5.74) is 1.57. The van der Waals surface area contributed by atoms with Crippen LogP contribution in [-0.4, -0.2) is 51.3 Å². The van der Waals surface area contributed by atoms with Crippen molar-refractivity contribution in [3.8, 4) is 5.75 Å². The van der Waals surface area contributed by atoms with Crippen molar-refractivity contribution in [1.82, 2.24) is 9.80 Å². The number of aliphatic hydroxyl groups is 1. The van der Waals surface area contributed by atoms with Crippen molar-refractivity contribution < 1.29 is 24.2 Å². The molecule has 2 N–H and O–H groups in total. The number of aromatic hydroxyl groups is 1. The van der Waals surface area contributed by atoms with Gasteiger partial charge in [-0.15, -0.1) is 0 Å². The molecule has 1 aromatic heterocycles. The molecule has 2 atom stereocenters. The van der Waals surface area contributed by atoms with Gasteiger partial charge < -0.3 is 19.5 Å². The normalized spacial score (nSPS) is 19.7. The Bertz CT molecular complexity index is 1210. The number of nitrogens with zero attached hydrogens (tertiary/aromatic N) is 2. The molecule has 1 saturated heterocycles. The Morgan fingerprint density at radius 1 is 1.00 bits per heavy atom. The maximum absolute atomic E-state index is 13.4. The molecule has 7 heteroatoms. The zero-order valence-electron chi connectivity index (χ0n) is 18.6. The molecule has 34 heavy (non-hydrogen) atoms. The Labute approximate surface area is 197 Å². The van der Waals surface area contributed by atoms with Gasteiger partial charge in [-0.05, 0) is 61.3 Å². The van der Waals surface area contributed by atoms with Crippen molar-refractivity contribution in [3.05, 3.63) is 101 Å². The minimum atomic E-state index is -0.856. The van der Waals surface area contributed by atoms with Crippen LogP contribution in [-0.2, 0) is 4.79 Å². The first-order valence-corrected chi connectivity index (χ1v) is 11.4. The summed E-state index contributed by atoms with van der Waals surface area (Å²) in [7, 11) is 0. The number of amides is 1. The number of carbonyl (C=O) groups is 2. The molecule has 2 aliphatic rings. The number of phenols is 1. The highest BCUT2D eigenvalue weighted by Gasteiger charge is 2.45. The second-order valence-electron chi connectivity index (χ2n) is 8.69. The standard InChI is InChI=1S/C27H26N2O5/c30-20-11-6-10-19(16-20)24-23(25(31)22-12-7-15-34-22)26(32)27(33)29(24)17-21(28-13-4-5-14-28)18-8-2-1-3-9-18/h1-3,6-12,15-16,21,24,30,32H,4-5,13-14,17H2. The summed E-state index contributed by atoms with van der Waals surface area (Å²) in [5.74, 6) is -1.68. The fourth-order valence-electron chi connectivity index (χ4n) is 5.00. The summed E-state index contributed by atoms with van der Waals surface area (Å²) in [6, 6.07) is 18.6. The van der Waals surface area contributed by atoms with E-state index in [0.29, 0.717) is 5.56 Å². The van der Waals surface area contributed by atoms with Crippen molar-refractivity contribution in [3.63, 3.8) is 0 Å². The minimum absolute atomic E-state index is 0.0141. The Hall–Kier alpha value is -3.84. The predicted octanol–water partition coefficient (Wildman–Crippen LogP) is 4.40. The number of furan rings is 1. The number of rotatable bonds is 7. The van der Waals surface area contributed by atoms with Crippen LogP contribution in [0.3, 0.4) is 0 Å². The molecule has 3 aromatic rings. The smallest absolute Gasteiger partial charge is 0.290 e. The van der Waals surface area contributed by atoms with Crippen LogP contribution in [0.5, 0.6) is 5.75 Å². The fourth-order valence-corrected chi connectivity index (χ4v) is 5.00. The average Bonchev–Trinajstić information content (AvgIpc) is 3.61. The molecule has 174 valence electrons. The highest BCUT2D eigenvalue weighted by molar-refractivity contribution is 6.15. The monoisotopic (exact) mass is 458 g/mol. The van der Waals surface area contributed by atoms with Crippen molar-refractivity contribution in [1.29, 1.82) is 0 Å². The third-order valence-electron chi connectivity index (χ3n) is 6.61. The lowest BCUT2D eigenvalue weighted by atomic mass is 9.94. The first kappa shape index (κ1) is 22.0. The van der Waals surface area contributed by atoms with Gasteiger partial charge in [0, 0.05) is 6.54 Å². The molecule has 3 heterocycles. The van der Waals surface area contributed by atoms with Crippen LogP contribution in [0.15, 0.2) is 88.7 Å². The van der Waals surface area contributed by atoms with Gasteiger partial charge in [0.15, 0.2) is 11.5 Å². The van der Waals surface area contributed by atoms with E-state index in [2.05, 4.69) is 4.90 Å². The van der Waals surface area contributed by atoms with E-state index in [1.165, 1.54) is 29.4 Å². The fraction of sp³-hybridized carbons (Fsp3) is 0.259. The number of carbonyl (C=O) groups excluding carboxylic acids is 2. The highest BCUT2D eigenvalue weighted by Crippen LogP contribution is 2.41. The molecule has 1 fully saturated rings. The van der Waals surface area contributed by atoms with Gasteiger partial charge in [-0.2, -0.15) is 0 Å². The Balaban J connectivity index is 1.57. The van der Waals surface area contributed by atoms with Gasteiger partial charge in [0.2, 0.25) is 5.78 Å². The third kappa shape index (κ3) is 3.99. The van der Waals surface area contributed by atoms with E-state index < -0.39 is 23.5 Å². The number of hydrogen-bond donors (Lipinski definition) is 2. The van der Waals surface area contributed by atoms with Gasteiger partial charge in [-0.25, -0.2) is 0 Å². The van der Waals surface area contributed by atoms with Crippen LogP contribution in [0.1, 0.15) is 46.6 Å². The van der Waals surface area contributed by atoms with Gasteiger partial charge in [0.05, 0.1) is 23.9 Å². The van der Waals surface area contributed by atoms with Gasteiger partial charge in [-0.1, -0.05) is 42.5 Å². The topological polar surface area (TPSA) is 94.2 Å². The number of phenolic OH excluding ortho intramolecular Hbond substituents is 1. The molecular formula is C27H26N2O5. The predicted molar refractivity (Wildman–Crippen MR) is 125 cm³/mol. The van der Waals surface area contributed by atoms with Crippen LogP contribution in [0.2, 0.25) is 0 Å². The lowest BCUT2D eigenvalue weighted by Gasteiger charge is -2.35. The number of aliphatic hydroxyl groups excluding tert-OH is 1. The van der Waals surface area contributed by atoms with E-state index in [1.54, 1.807) is 18.2 Å². The second-order valence-corrected chi connectivity index (χ2v) is 8.69. The maximum atomic E-state index is 13.4. The summed E-state index contributed by atoms with van der Waals surface area (Å²) < 4.78 is 5.28. The van der Waals surface area contributed by atoms with Crippen LogP contribution < -0.4 is 0 Å². The summed E-state index contributed by atoms with van der Waals surface area (Å²) in [6.45, 7) is 2.11. The van der Waals surface area contributed by atoms with Gasteiger partial charge in [-0.3, -0.25) is 14.5 Å².